The van der Waals surface area contributed by atoms with Crippen LogP contribution in [0.3, 0.4) is 0 Å². The number of nitrogens with two attached hydrogens (primary N) is 1. The Morgan fingerprint density at radius 3 is 2.65 bits per heavy atom. The van der Waals surface area contributed by atoms with Crippen LogP contribution in [0.15, 0.2) is 23.0 Å². The maximum absolute atomic E-state index is 5.78. The van der Waals surface area contributed by atoms with Crippen molar-refractivity contribution in [3.63, 3.8) is 0 Å². The number of likely N-dealkylation sites (N-methyl/N-ethyl adjacent to an activating group) is 1. The summed E-state index contributed by atoms with van der Waals surface area (Å²) in [7, 11) is 4.32. The highest BCUT2D eigenvalue weighted by molar-refractivity contribution is 5.12. The predicted molar refractivity (Wildman–Crippen MR) is 68.4 cm³/mol. The summed E-state index contributed by atoms with van der Waals surface area (Å²) in [6.07, 6.45) is 9.47. The van der Waals surface area contributed by atoms with E-state index in [1.165, 1.54) is 31.2 Å². The molecule has 3 N–H and O–H groups in total. The number of rotatable bonds is 5. The average molecular weight is 237 g/mol. The molecule has 0 amide bonds. The fourth-order valence-corrected chi connectivity index (χ4v) is 3.14. The maximum atomic E-state index is 5.78. The van der Waals surface area contributed by atoms with E-state index < -0.39 is 0 Å². The van der Waals surface area contributed by atoms with Crippen LogP contribution >= 0.6 is 0 Å². The third-order valence-electron chi connectivity index (χ3n) is 4.23. The summed E-state index contributed by atoms with van der Waals surface area (Å²) in [6.45, 7) is 0. The van der Waals surface area contributed by atoms with Gasteiger partial charge in [0.2, 0.25) is 0 Å². The number of nitrogens with one attached hydrogen (secondary N) is 1. The lowest BCUT2D eigenvalue weighted by molar-refractivity contribution is 0.104. The molecule has 0 saturated heterocycles. The lowest BCUT2D eigenvalue weighted by Crippen LogP contribution is -2.60. The molecule has 0 aromatic carbocycles. The van der Waals surface area contributed by atoms with Gasteiger partial charge >= 0.3 is 0 Å². The summed E-state index contributed by atoms with van der Waals surface area (Å²) >= 11 is 0. The van der Waals surface area contributed by atoms with Gasteiger partial charge < -0.3 is 9.32 Å². The van der Waals surface area contributed by atoms with E-state index in [0.29, 0.717) is 0 Å². The molecular formula is C13H23N3O. The highest BCUT2D eigenvalue weighted by Crippen LogP contribution is 2.37. The van der Waals surface area contributed by atoms with Crippen molar-refractivity contribution in [2.75, 3.05) is 14.1 Å². The molecule has 96 valence electrons. The monoisotopic (exact) mass is 237 g/mol. The molecule has 0 bridgehead atoms. The lowest BCUT2D eigenvalue weighted by atomic mass is 9.84. The first-order valence-electron chi connectivity index (χ1n) is 6.34. The molecular weight excluding hydrogens is 214 g/mol. The van der Waals surface area contributed by atoms with Gasteiger partial charge in [0.05, 0.1) is 12.5 Å². The van der Waals surface area contributed by atoms with Crippen LogP contribution < -0.4 is 11.3 Å². The Labute approximate surface area is 103 Å². The lowest BCUT2D eigenvalue weighted by Gasteiger charge is -2.43. The molecule has 0 radical (unpaired) electrons. The van der Waals surface area contributed by atoms with Crippen LogP contribution in [0, 0.1) is 0 Å². The van der Waals surface area contributed by atoms with Crippen molar-refractivity contribution in [3.8, 4) is 0 Å². The summed E-state index contributed by atoms with van der Waals surface area (Å²) in [6, 6.07) is 2.29. The molecule has 1 saturated carbocycles. The zero-order chi connectivity index (χ0) is 12.3. The van der Waals surface area contributed by atoms with E-state index in [4.69, 9.17) is 10.3 Å². The van der Waals surface area contributed by atoms with E-state index in [-0.39, 0.29) is 11.6 Å². The maximum Gasteiger partial charge on any atom is 0.0935 e. The molecule has 1 aromatic heterocycles. The predicted octanol–water partition coefficient (Wildman–Crippen LogP) is 1.53. The molecule has 1 aromatic rings. The summed E-state index contributed by atoms with van der Waals surface area (Å²) in [5.74, 6) is 5.78. The van der Waals surface area contributed by atoms with Gasteiger partial charge in [0.1, 0.15) is 0 Å². The van der Waals surface area contributed by atoms with Gasteiger partial charge in [0, 0.05) is 11.6 Å². The molecule has 1 aliphatic carbocycles. The fourth-order valence-electron chi connectivity index (χ4n) is 3.14. The first-order chi connectivity index (χ1) is 8.19. The molecule has 1 atom stereocenters. The minimum Gasteiger partial charge on any atom is -0.472 e. The first kappa shape index (κ1) is 12.6. The molecule has 1 fully saturated rings. The molecule has 4 nitrogen and oxygen atoms in total. The van der Waals surface area contributed by atoms with Gasteiger partial charge in [-0.2, -0.15) is 0 Å². The van der Waals surface area contributed by atoms with E-state index in [0.717, 1.165) is 6.42 Å². The quantitative estimate of drug-likeness (QED) is 0.602. The van der Waals surface area contributed by atoms with Crippen molar-refractivity contribution in [2.24, 2.45) is 5.84 Å². The standard InChI is InChI=1S/C13H23N3O/c1-16(2)13(6-3-4-7-13)12(15-14)9-11-5-8-17-10-11/h5,8,10,12,15H,3-4,6-7,9,14H2,1-2H3. The Bertz CT molecular complexity index is 328. The van der Waals surface area contributed by atoms with Crippen LogP contribution in [-0.4, -0.2) is 30.6 Å². The van der Waals surface area contributed by atoms with E-state index in [1.54, 1.807) is 6.26 Å². The van der Waals surface area contributed by atoms with E-state index >= 15 is 0 Å². The number of nitrogens with zero attached hydrogens (tertiary/aromatic N) is 1. The third-order valence-corrected chi connectivity index (χ3v) is 4.23. The van der Waals surface area contributed by atoms with Gasteiger partial charge in [0.15, 0.2) is 0 Å². The topological polar surface area (TPSA) is 54.4 Å². The minimum absolute atomic E-state index is 0.187. The Morgan fingerprint density at radius 2 is 2.18 bits per heavy atom. The summed E-state index contributed by atoms with van der Waals surface area (Å²) in [5, 5.41) is 0. The number of hydrazine groups is 1. The van der Waals surface area contributed by atoms with Gasteiger partial charge in [-0.05, 0) is 45.0 Å². The van der Waals surface area contributed by atoms with Crippen LogP contribution in [0.5, 0.6) is 0 Å². The molecule has 1 aliphatic rings. The molecule has 0 aliphatic heterocycles. The molecule has 0 spiro atoms. The third kappa shape index (κ3) is 2.39. The van der Waals surface area contributed by atoms with Gasteiger partial charge in [-0.3, -0.25) is 11.3 Å². The largest absolute Gasteiger partial charge is 0.472 e. The SMILES string of the molecule is CN(C)C1(C(Cc2ccoc2)NN)CCCC1. The zero-order valence-corrected chi connectivity index (χ0v) is 10.8. The normalized spacial score (nSPS) is 20.9. The summed E-state index contributed by atoms with van der Waals surface area (Å²) in [5.41, 5.74) is 4.42. The molecule has 2 rings (SSSR count). The van der Waals surface area contributed by atoms with E-state index in [9.17, 15) is 0 Å². The van der Waals surface area contributed by atoms with Crippen LogP contribution in [0.25, 0.3) is 0 Å². The van der Waals surface area contributed by atoms with Crippen molar-refractivity contribution in [1.29, 1.82) is 0 Å². The molecule has 1 unspecified atom stereocenters. The average Bonchev–Trinajstić information content (AvgIpc) is 2.97. The number of hydrogen-bond donors (Lipinski definition) is 2. The van der Waals surface area contributed by atoms with Crippen molar-refractivity contribution < 1.29 is 4.42 Å². The van der Waals surface area contributed by atoms with Crippen molar-refractivity contribution in [2.45, 2.75) is 43.7 Å². The minimum atomic E-state index is 0.187. The molecule has 1 heterocycles. The van der Waals surface area contributed by atoms with E-state index in [1.807, 2.05) is 12.3 Å². The van der Waals surface area contributed by atoms with Crippen LogP contribution in [-0.2, 0) is 6.42 Å². The van der Waals surface area contributed by atoms with Crippen molar-refractivity contribution >= 4 is 0 Å². The first-order valence-corrected chi connectivity index (χ1v) is 6.34. The highest BCUT2D eigenvalue weighted by atomic mass is 16.3. The second-order valence-electron chi connectivity index (χ2n) is 5.26. The number of hydrogen-bond acceptors (Lipinski definition) is 4. The molecule has 17 heavy (non-hydrogen) atoms. The van der Waals surface area contributed by atoms with Gasteiger partial charge in [-0.1, -0.05) is 12.8 Å². The summed E-state index contributed by atoms with van der Waals surface area (Å²) in [4.78, 5) is 2.34. The Kier molecular flexibility index (Phi) is 3.86. The smallest absolute Gasteiger partial charge is 0.0935 e. The molecule has 4 heteroatoms. The second-order valence-corrected chi connectivity index (χ2v) is 5.26. The van der Waals surface area contributed by atoms with Crippen molar-refractivity contribution in [3.05, 3.63) is 24.2 Å². The van der Waals surface area contributed by atoms with Crippen molar-refractivity contribution in [1.82, 2.24) is 10.3 Å². The van der Waals surface area contributed by atoms with Crippen LogP contribution in [0.2, 0.25) is 0 Å². The number of furan rings is 1. The second kappa shape index (κ2) is 5.21. The van der Waals surface area contributed by atoms with Gasteiger partial charge in [-0.15, -0.1) is 0 Å². The summed E-state index contributed by atoms with van der Waals surface area (Å²) < 4.78 is 5.13. The Morgan fingerprint density at radius 1 is 1.47 bits per heavy atom. The Balaban J connectivity index is 2.15. The van der Waals surface area contributed by atoms with Gasteiger partial charge in [-0.25, -0.2) is 0 Å². The van der Waals surface area contributed by atoms with E-state index in [2.05, 4.69) is 24.4 Å². The van der Waals surface area contributed by atoms with Crippen LogP contribution in [0.1, 0.15) is 31.2 Å². The highest BCUT2D eigenvalue weighted by Gasteiger charge is 2.42. The zero-order valence-electron chi connectivity index (χ0n) is 10.8. The van der Waals surface area contributed by atoms with Gasteiger partial charge in [0.25, 0.3) is 0 Å². The fraction of sp³-hybridized carbons (Fsp3) is 0.692. The Hall–Kier alpha value is -0.840. The van der Waals surface area contributed by atoms with Crippen LogP contribution in [0.4, 0.5) is 0 Å².